The Hall–Kier alpha value is -3.41. The highest BCUT2D eigenvalue weighted by atomic mass is 16.2. The molecule has 0 bridgehead atoms. The van der Waals surface area contributed by atoms with Crippen molar-refractivity contribution in [2.75, 3.05) is 18.4 Å². The van der Waals surface area contributed by atoms with Gasteiger partial charge < -0.3 is 10.2 Å². The Balaban J connectivity index is 1.42. The molecule has 1 aliphatic rings. The van der Waals surface area contributed by atoms with Crippen LogP contribution in [0.4, 0.5) is 5.69 Å². The van der Waals surface area contributed by atoms with Crippen LogP contribution >= 0.6 is 0 Å². The first-order chi connectivity index (χ1) is 14.5. The third-order valence-corrected chi connectivity index (χ3v) is 5.41. The first-order valence-electron chi connectivity index (χ1n) is 10.3. The lowest BCUT2D eigenvalue weighted by atomic mass is 10.1. The summed E-state index contributed by atoms with van der Waals surface area (Å²) in [4.78, 5) is 27.0. The van der Waals surface area contributed by atoms with Crippen molar-refractivity contribution in [2.45, 2.75) is 33.2 Å². The van der Waals surface area contributed by atoms with E-state index < -0.39 is 0 Å². The van der Waals surface area contributed by atoms with Crippen LogP contribution in [0.2, 0.25) is 0 Å². The second-order valence-corrected chi connectivity index (χ2v) is 7.82. The van der Waals surface area contributed by atoms with Crippen molar-refractivity contribution < 1.29 is 9.59 Å². The molecule has 1 N–H and O–H groups in total. The van der Waals surface area contributed by atoms with E-state index in [1.807, 2.05) is 47.7 Å². The monoisotopic (exact) mass is 402 g/mol. The van der Waals surface area contributed by atoms with E-state index in [9.17, 15) is 9.59 Å². The molecule has 0 aliphatic carbocycles. The van der Waals surface area contributed by atoms with Crippen LogP contribution in [-0.2, 0) is 6.54 Å². The van der Waals surface area contributed by atoms with Crippen LogP contribution in [-0.4, -0.2) is 39.6 Å². The molecule has 30 heavy (non-hydrogen) atoms. The summed E-state index contributed by atoms with van der Waals surface area (Å²) in [5.41, 5.74) is 4.99. The van der Waals surface area contributed by atoms with E-state index in [-0.39, 0.29) is 11.8 Å². The quantitative estimate of drug-likeness (QED) is 0.700. The van der Waals surface area contributed by atoms with Gasteiger partial charge in [-0.2, -0.15) is 5.10 Å². The molecule has 1 aliphatic heterocycles. The number of hydrogen-bond acceptors (Lipinski definition) is 3. The van der Waals surface area contributed by atoms with E-state index >= 15 is 0 Å². The Morgan fingerprint density at radius 3 is 2.37 bits per heavy atom. The van der Waals surface area contributed by atoms with Gasteiger partial charge in [-0.05, 0) is 74.7 Å². The van der Waals surface area contributed by atoms with Gasteiger partial charge >= 0.3 is 0 Å². The summed E-state index contributed by atoms with van der Waals surface area (Å²) in [7, 11) is 0. The molecular formula is C24H26N4O2. The van der Waals surface area contributed by atoms with Gasteiger partial charge in [-0.3, -0.25) is 14.3 Å². The fraction of sp³-hybridized carbons (Fsp3) is 0.292. The Morgan fingerprint density at radius 1 is 0.967 bits per heavy atom. The number of anilines is 1. The molecule has 1 fully saturated rings. The SMILES string of the molecule is Cc1cc(C)n(Cc2cccc(C(=O)Nc3ccc(C(=O)N4CCCC4)cc3)c2)n1. The summed E-state index contributed by atoms with van der Waals surface area (Å²) in [6.45, 7) is 6.26. The molecule has 0 spiro atoms. The fourth-order valence-electron chi connectivity index (χ4n) is 3.82. The number of likely N-dealkylation sites (tertiary alicyclic amines) is 1. The molecule has 0 radical (unpaired) electrons. The predicted molar refractivity (Wildman–Crippen MR) is 117 cm³/mol. The van der Waals surface area contributed by atoms with Crippen LogP contribution in [0.3, 0.4) is 0 Å². The van der Waals surface area contributed by atoms with Crippen molar-refractivity contribution in [1.29, 1.82) is 0 Å². The largest absolute Gasteiger partial charge is 0.339 e. The van der Waals surface area contributed by atoms with Crippen LogP contribution in [0.25, 0.3) is 0 Å². The molecule has 2 aromatic carbocycles. The number of hydrogen-bond donors (Lipinski definition) is 1. The summed E-state index contributed by atoms with van der Waals surface area (Å²) in [6, 6.07) is 16.7. The molecule has 2 amide bonds. The first kappa shape index (κ1) is 19.9. The molecule has 6 nitrogen and oxygen atoms in total. The minimum atomic E-state index is -0.177. The summed E-state index contributed by atoms with van der Waals surface area (Å²) in [5, 5.41) is 7.40. The van der Waals surface area contributed by atoms with Crippen LogP contribution in [0.15, 0.2) is 54.6 Å². The maximum absolute atomic E-state index is 12.7. The number of aromatic nitrogens is 2. The summed E-state index contributed by atoms with van der Waals surface area (Å²) < 4.78 is 1.93. The molecule has 4 rings (SSSR count). The van der Waals surface area contributed by atoms with Crippen molar-refractivity contribution in [3.8, 4) is 0 Å². The summed E-state index contributed by atoms with van der Waals surface area (Å²) in [6.07, 6.45) is 2.14. The number of amides is 2. The van der Waals surface area contributed by atoms with Gasteiger partial charge in [0.25, 0.3) is 11.8 Å². The number of benzene rings is 2. The standard InChI is InChI=1S/C24H26N4O2/c1-17-14-18(2)28(26-17)16-19-6-5-7-21(15-19)23(29)25-22-10-8-20(9-11-22)24(30)27-12-3-4-13-27/h5-11,14-15H,3-4,12-13,16H2,1-2H3,(H,25,29). The maximum atomic E-state index is 12.7. The van der Waals surface area contributed by atoms with E-state index in [1.54, 1.807) is 30.3 Å². The molecule has 1 aromatic heterocycles. The topological polar surface area (TPSA) is 67.2 Å². The predicted octanol–water partition coefficient (Wildman–Crippen LogP) is 4.04. The van der Waals surface area contributed by atoms with Crippen molar-refractivity contribution in [3.63, 3.8) is 0 Å². The number of nitrogens with zero attached hydrogens (tertiary/aromatic N) is 3. The van der Waals surface area contributed by atoms with Gasteiger partial charge in [0.1, 0.15) is 0 Å². The zero-order valence-electron chi connectivity index (χ0n) is 17.4. The Bertz CT molecular complexity index is 1060. The van der Waals surface area contributed by atoms with Gasteiger partial charge in [-0.1, -0.05) is 12.1 Å². The Labute approximate surface area is 176 Å². The van der Waals surface area contributed by atoms with Crippen LogP contribution in [0.1, 0.15) is 50.5 Å². The van der Waals surface area contributed by atoms with Crippen LogP contribution < -0.4 is 5.32 Å². The summed E-state index contributed by atoms with van der Waals surface area (Å²) in [5.74, 6) is -0.119. The Kier molecular flexibility index (Phi) is 5.65. The third-order valence-electron chi connectivity index (χ3n) is 5.41. The highest BCUT2D eigenvalue weighted by molar-refractivity contribution is 6.04. The van der Waals surface area contributed by atoms with Gasteiger partial charge in [0.05, 0.1) is 12.2 Å². The number of rotatable bonds is 5. The van der Waals surface area contributed by atoms with E-state index in [0.717, 1.165) is 42.9 Å². The van der Waals surface area contributed by atoms with E-state index in [1.165, 1.54) is 0 Å². The zero-order chi connectivity index (χ0) is 21.1. The molecular weight excluding hydrogens is 376 g/mol. The van der Waals surface area contributed by atoms with Crippen molar-refractivity contribution in [1.82, 2.24) is 14.7 Å². The van der Waals surface area contributed by atoms with Gasteiger partial charge in [-0.25, -0.2) is 0 Å². The van der Waals surface area contributed by atoms with Crippen molar-refractivity contribution in [3.05, 3.63) is 82.7 Å². The van der Waals surface area contributed by atoms with E-state index in [4.69, 9.17) is 0 Å². The zero-order valence-corrected chi connectivity index (χ0v) is 17.4. The number of carbonyl (C=O) groups excluding carboxylic acids is 2. The Morgan fingerprint density at radius 2 is 1.70 bits per heavy atom. The second-order valence-electron chi connectivity index (χ2n) is 7.82. The lowest BCUT2D eigenvalue weighted by Crippen LogP contribution is -2.27. The molecule has 2 heterocycles. The molecule has 0 unspecified atom stereocenters. The van der Waals surface area contributed by atoms with Gasteiger partial charge in [0, 0.05) is 35.6 Å². The molecule has 0 atom stereocenters. The lowest BCUT2D eigenvalue weighted by molar-refractivity contribution is 0.0792. The van der Waals surface area contributed by atoms with E-state index in [2.05, 4.69) is 10.4 Å². The number of nitrogens with one attached hydrogen (secondary N) is 1. The minimum Gasteiger partial charge on any atom is -0.339 e. The molecule has 154 valence electrons. The normalized spacial score (nSPS) is 13.5. The molecule has 3 aromatic rings. The highest BCUT2D eigenvalue weighted by Gasteiger charge is 2.19. The average molecular weight is 402 g/mol. The number of aryl methyl sites for hydroxylation is 2. The third kappa shape index (κ3) is 4.43. The average Bonchev–Trinajstić information content (AvgIpc) is 3.38. The highest BCUT2D eigenvalue weighted by Crippen LogP contribution is 2.17. The smallest absolute Gasteiger partial charge is 0.255 e. The maximum Gasteiger partial charge on any atom is 0.255 e. The minimum absolute atomic E-state index is 0.0576. The second kappa shape index (κ2) is 8.53. The van der Waals surface area contributed by atoms with Gasteiger partial charge in [0.15, 0.2) is 0 Å². The molecule has 6 heteroatoms. The van der Waals surface area contributed by atoms with Crippen molar-refractivity contribution >= 4 is 17.5 Å². The van der Waals surface area contributed by atoms with E-state index in [0.29, 0.717) is 23.4 Å². The van der Waals surface area contributed by atoms with Crippen LogP contribution in [0.5, 0.6) is 0 Å². The van der Waals surface area contributed by atoms with Gasteiger partial charge in [0.2, 0.25) is 0 Å². The molecule has 0 saturated carbocycles. The van der Waals surface area contributed by atoms with Crippen LogP contribution in [0, 0.1) is 13.8 Å². The fourth-order valence-corrected chi connectivity index (χ4v) is 3.82. The van der Waals surface area contributed by atoms with Crippen molar-refractivity contribution in [2.24, 2.45) is 0 Å². The first-order valence-corrected chi connectivity index (χ1v) is 10.3. The van der Waals surface area contributed by atoms with Gasteiger partial charge in [-0.15, -0.1) is 0 Å². The molecule has 1 saturated heterocycles. The lowest BCUT2D eigenvalue weighted by Gasteiger charge is -2.15. The number of carbonyl (C=O) groups is 2. The summed E-state index contributed by atoms with van der Waals surface area (Å²) >= 11 is 0.